The summed E-state index contributed by atoms with van der Waals surface area (Å²) >= 11 is 0. The average Bonchev–Trinajstić information content (AvgIpc) is 3.17. The van der Waals surface area contributed by atoms with Crippen molar-refractivity contribution in [3.63, 3.8) is 0 Å². The lowest BCUT2D eigenvalue weighted by Crippen LogP contribution is -2.37. The van der Waals surface area contributed by atoms with Crippen LogP contribution >= 0.6 is 0 Å². The zero-order valence-electron chi connectivity index (χ0n) is 13.8. The molecule has 0 aromatic rings. The second-order valence-corrected chi connectivity index (χ2v) is 7.05. The van der Waals surface area contributed by atoms with Gasteiger partial charge in [0.05, 0.1) is 18.3 Å². The van der Waals surface area contributed by atoms with Crippen molar-refractivity contribution in [3.05, 3.63) is 0 Å². The van der Waals surface area contributed by atoms with E-state index in [1.54, 1.807) is 0 Å². The van der Waals surface area contributed by atoms with Gasteiger partial charge in [-0.1, -0.05) is 53.4 Å². The molecule has 1 heterocycles. The molecule has 2 heteroatoms. The van der Waals surface area contributed by atoms with Crippen LogP contribution in [0.25, 0.3) is 0 Å². The molecule has 0 aromatic heterocycles. The minimum atomic E-state index is 0.0141. The second kappa shape index (κ2) is 7.64. The van der Waals surface area contributed by atoms with Gasteiger partial charge < -0.3 is 9.47 Å². The van der Waals surface area contributed by atoms with E-state index in [0.717, 1.165) is 26.1 Å². The molecule has 0 N–H and O–H groups in total. The van der Waals surface area contributed by atoms with Crippen LogP contribution in [0.5, 0.6) is 0 Å². The van der Waals surface area contributed by atoms with Crippen molar-refractivity contribution in [1.82, 2.24) is 0 Å². The molecule has 0 spiro atoms. The highest BCUT2D eigenvalue weighted by atomic mass is 16.6. The Hall–Kier alpha value is -0.0800. The largest absolute Gasteiger partial charge is 0.375 e. The van der Waals surface area contributed by atoms with E-state index >= 15 is 0 Å². The van der Waals surface area contributed by atoms with Crippen LogP contribution in [0.2, 0.25) is 0 Å². The van der Waals surface area contributed by atoms with Crippen molar-refractivity contribution in [1.29, 1.82) is 0 Å². The highest BCUT2D eigenvalue weighted by Crippen LogP contribution is 2.41. The molecule has 1 saturated heterocycles. The van der Waals surface area contributed by atoms with Crippen LogP contribution in [-0.2, 0) is 9.47 Å². The van der Waals surface area contributed by atoms with Crippen molar-refractivity contribution in [3.8, 4) is 0 Å². The number of rotatable bonds is 11. The van der Waals surface area contributed by atoms with Crippen LogP contribution in [0.15, 0.2) is 0 Å². The summed E-state index contributed by atoms with van der Waals surface area (Å²) in [6.07, 6.45) is 9.16. The molecule has 0 aliphatic carbocycles. The summed E-state index contributed by atoms with van der Waals surface area (Å²) in [4.78, 5) is 0. The smallest absolute Gasteiger partial charge is 0.0861 e. The molecule has 0 bridgehead atoms. The van der Waals surface area contributed by atoms with Gasteiger partial charge in [-0.05, 0) is 31.6 Å². The van der Waals surface area contributed by atoms with E-state index in [-0.39, 0.29) is 11.0 Å². The van der Waals surface area contributed by atoms with Crippen molar-refractivity contribution in [2.24, 2.45) is 5.41 Å². The average molecular weight is 270 g/mol. The van der Waals surface area contributed by atoms with Crippen LogP contribution < -0.4 is 0 Å². The molecule has 1 fully saturated rings. The molecular weight excluding hydrogens is 236 g/mol. The molecule has 0 aromatic carbocycles. The van der Waals surface area contributed by atoms with Gasteiger partial charge in [-0.3, -0.25) is 0 Å². The third-order valence-electron chi connectivity index (χ3n) is 4.48. The molecule has 0 amide bonds. The van der Waals surface area contributed by atoms with Gasteiger partial charge in [0.15, 0.2) is 0 Å². The zero-order chi connectivity index (χ0) is 14.4. The number of hydrogen-bond donors (Lipinski definition) is 0. The molecule has 2 nitrogen and oxygen atoms in total. The minimum Gasteiger partial charge on any atom is -0.375 e. The standard InChI is InChI=1S/C17H34O2/c1-6-8-9-10-11-12-19-17(5,7-2)14-16(3,4)15-13-18-15/h15H,6-14H2,1-5H3. The zero-order valence-corrected chi connectivity index (χ0v) is 13.8. The third-order valence-corrected chi connectivity index (χ3v) is 4.48. The van der Waals surface area contributed by atoms with E-state index in [1.165, 1.54) is 32.1 Å². The summed E-state index contributed by atoms with van der Waals surface area (Å²) in [7, 11) is 0. The predicted molar refractivity (Wildman–Crippen MR) is 81.5 cm³/mol. The highest BCUT2D eigenvalue weighted by Gasteiger charge is 2.43. The molecule has 2 atom stereocenters. The van der Waals surface area contributed by atoms with E-state index < -0.39 is 0 Å². The first-order valence-electron chi connectivity index (χ1n) is 8.19. The second-order valence-electron chi connectivity index (χ2n) is 7.05. The highest BCUT2D eigenvalue weighted by molar-refractivity contribution is 4.92. The van der Waals surface area contributed by atoms with E-state index in [2.05, 4.69) is 34.6 Å². The summed E-state index contributed by atoms with van der Waals surface area (Å²) in [5, 5.41) is 0. The minimum absolute atomic E-state index is 0.0141. The van der Waals surface area contributed by atoms with Gasteiger partial charge in [-0.15, -0.1) is 0 Å². The van der Waals surface area contributed by atoms with Crippen molar-refractivity contribution in [2.45, 2.75) is 91.3 Å². The normalized spacial score (nSPS) is 22.3. The van der Waals surface area contributed by atoms with E-state index in [1.807, 2.05) is 0 Å². The van der Waals surface area contributed by atoms with Gasteiger partial charge in [-0.2, -0.15) is 0 Å². The van der Waals surface area contributed by atoms with Gasteiger partial charge in [0.2, 0.25) is 0 Å². The Morgan fingerprint density at radius 2 is 1.68 bits per heavy atom. The molecule has 19 heavy (non-hydrogen) atoms. The summed E-state index contributed by atoms with van der Waals surface area (Å²) in [6, 6.07) is 0. The SMILES string of the molecule is CCCCCCCOC(C)(CC)CC(C)(C)C1CO1. The summed E-state index contributed by atoms with van der Waals surface area (Å²) < 4.78 is 11.7. The molecule has 2 unspecified atom stereocenters. The van der Waals surface area contributed by atoms with Crippen LogP contribution in [0, 0.1) is 5.41 Å². The maximum atomic E-state index is 6.22. The first-order chi connectivity index (χ1) is 8.93. The van der Waals surface area contributed by atoms with Crippen molar-refractivity contribution >= 4 is 0 Å². The molecular formula is C17H34O2. The molecule has 114 valence electrons. The van der Waals surface area contributed by atoms with Gasteiger partial charge in [0, 0.05) is 6.61 Å². The van der Waals surface area contributed by atoms with Gasteiger partial charge in [0.1, 0.15) is 0 Å². The molecule has 1 aliphatic rings. The third kappa shape index (κ3) is 6.27. The van der Waals surface area contributed by atoms with Crippen LogP contribution in [0.1, 0.15) is 79.6 Å². The number of epoxide rings is 1. The lowest BCUT2D eigenvalue weighted by Gasteiger charge is -2.36. The Morgan fingerprint density at radius 3 is 2.21 bits per heavy atom. The van der Waals surface area contributed by atoms with E-state index in [9.17, 15) is 0 Å². The fourth-order valence-electron chi connectivity index (χ4n) is 2.88. The summed E-state index contributed by atoms with van der Waals surface area (Å²) in [6.45, 7) is 13.2. The Balaban J connectivity index is 2.25. The lowest BCUT2D eigenvalue weighted by atomic mass is 9.77. The van der Waals surface area contributed by atoms with Gasteiger partial charge >= 0.3 is 0 Å². The molecule has 0 radical (unpaired) electrons. The van der Waals surface area contributed by atoms with Gasteiger partial charge in [0.25, 0.3) is 0 Å². The maximum absolute atomic E-state index is 6.22. The predicted octanol–water partition coefficient (Wildman–Crippen LogP) is 4.96. The monoisotopic (exact) mass is 270 g/mol. The number of unbranched alkanes of at least 4 members (excludes halogenated alkanes) is 4. The van der Waals surface area contributed by atoms with Crippen LogP contribution in [0.3, 0.4) is 0 Å². The van der Waals surface area contributed by atoms with E-state index in [0.29, 0.717) is 6.10 Å². The number of hydrogen-bond acceptors (Lipinski definition) is 2. The van der Waals surface area contributed by atoms with Gasteiger partial charge in [-0.25, -0.2) is 0 Å². The first kappa shape index (κ1) is 17.0. The number of ether oxygens (including phenoxy) is 2. The fourth-order valence-corrected chi connectivity index (χ4v) is 2.88. The molecule has 1 aliphatic heterocycles. The van der Waals surface area contributed by atoms with Crippen LogP contribution in [-0.4, -0.2) is 24.9 Å². The Kier molecular flexibility index (Phi) is 6.82. The fraction of sp³-hybridized carbons (Fsp3) is 1.00. The molecule has 1 rings (SSSR count). The van der Waals surface area contributed by atoms with Crippen molar-refractivity contribution < 1.29 is 9.47 Å². The Labute approximate surface area is 120 Å². The topological polar surface area (TPSA) is 21.8 Å². The lowest BCUT2D eigenvalue weighted by molar-refractivity contribution is -0.0667. The first-order valence-corrected chi connectivity index (χ1v) is 8.19. The Morgan fingerprint density at radius 1 is 1.05 bits per heavy atom. The molecule has 0 saturated carbocycles. The van der Waals surface area contributed by atoms with E-state index in [4.69, 9.17) is 9.47 Å². The van der Waals surface area contributed by atoms with Crippen LogP contribution in [0.4, 0.5) is 0 Å². The Bertz CT molecular complexity index is 246. The quantitative estimate of drug-likeness (QED) is 0.391. The summed E-state index contributed by atoms with van der Waals surface area (Å²) in [5.74, 6) is 0. The van der Waals surface area contributed by atoms with Crippen molar-refractivity contribution in [2.75, 3.05) is 13.2 Å². The summed E-state index contributed by atoms with van der Waals surface area (Å²) in [5.41, 5.74) is 0.257. The maximum Gasteiger partial charge on any atom is 0.0861 e.